The van der Waals surface area contributed by atoms with Crippen molar-refractivity contribution in [2.24, 2.45) is 11.8 Å². The average molecular weight is 238 g/mol. The quantitative estimate of drug-likeness (QED) is 0.640. The second-order valence-corrected chi connectivity index (χ2v) is 8.00. The molecule has 0 aromatic heterocycles. The second-order valence-electron chi connectivity index (χ2n) is 8.00. The van der Waals surface area contributed by atoms with Crippen LogP contribution in [0.3, 0.4) is 0 Å². The monoisotopic (exact) mass is 238 g/mol. The van der Waals surface area contributed by atoms with Crippen LogP contribution in [0.15, 0.2) is 0 Å². The summed E-state index contributed by atoms with van der Waals surface area (Å²) in [6, 6.07) is 0. The van der Waals surface area contributed by atoms with Crippen LogP contribution in [0, 0.1) is 11.8 Å². The summed E-state index contributed by atoms with van der Waals surface area (Å²) in [7, 11) is 0. The van der Waals surface area contributed by atoms with E-state index in [1.54, 1.807) is 0 Å². The molecule has 100 valence electrons. The molecule has 0 radical (unpaired) electrons. The second kappa shape index (κ2) is 4.24. The van der Waals surface area contributed by atoms with Crippen molar-refractivity contribution in [3.8, 4) is 0 Å². The Hall–Kier alpha value is -0.0800. The van der Waals surface area contributed by atoms with E-state index in [0.717, 1.165) is 11.8 Å². The normalized spacial score (nSPS) is 32.8. The molecule has 2 rings (SSSR count). The van der Waals surface area contributed by atoms with Crippen LogP contribution in [0.25, 0.3) is 0 Å². The Morgan fingerprint density at radius 2 is 1.18 bits per heavy atom. The maximum Gasteiger partial charge on any atom is 0.0125 e. The number of hydrogen-bond acceptors (Lipinski definition) is 2. The van der Waals surface area contributed by atoms with Crippen molar-refractivity contribution in [3.05, 3.63) is 0 Å². The zero-order valence-corrected chi connectivity index (χ0v) is 12.6. The third kappa shape index (κ3) is 2.85. The summed E-state index contributed by atoms with van der Waals surface area (Å²) in [5, 5.41) is 0. The maximum atomic E-state index is 2.69. The molecule has 2 aliphatic rings. The maximum absolute atomic E-state index is 2.69. The van der Waals surface area contributed by atoms with Crippen molar-refractivity contribution in [3.63, 3.8) is 0 Å². The fraction of sp³-hybridized carbons (Fsp3) is 1.00. The number of piperidine rings is 1. The summed E-state index contributed by atoms with van der Waals surface area (Å²) in [6.07, 6.45) is 1.40. The SMILES string of the molecule is CC(C)(C)N1CC[C@@H]2CN(C(C)(C)C)C[C@@H]2C1. The van der Waals surface area contributed by atoms with Gasteiger partial charge in [0, 0.05) is 30.7 Å². The first-order chi connectivity index (χ1) is 7.68. The zero-order chi connectivity index (χ0) is 12.8. The van der Waals surface area contributed by atoms with E-state index in [1.165, 1.54) is 32.6 Å². The third-order valence-electron chi connectivity index (χ3n) is 4.70. The molecule has 0 saturated carbocycles. The van der Waals surface area contributed by atoms with Gasteiger partial charge in [0.05, 0.1) is 0 Å². The molecule has 2 atom stereocenters. The number of nitrogens with zero attached hydrogens (tertiary/aromatic N) is 2. The van der Waals surface area contributed by atoms with Gasteiger partial charge in [-0.15, -0.1) is 0 Å². The van der Waals surface area contributed by atoms with E-state index in [9.17, 15) is 0 Å². The Kier molecular flexibility index (Phi) is 3.33. The predicted molar refractivity (Wildman–Crippen MR) is 74.2 cm³/mol. The lowest BCUT2D eigenvalue weighted by Crippen LogP contribution is -2.49. The number of likely N-dealkylation sites (tertiary alicyclic amines) is 2. The molecule has 0 N–H and O–H groups in total. The van der Waals surface area contributed by atoms with Crippen LogP contribution in [0.2, 0.25) is 0 Å². The van der Waals surface area contributed by atoms with Crippen LogP contribution in [0.5, 0.6) is 0 Å². The molecule has 0 amide bonds. The topological polar surface area (TPSA) is 6.48 Å². The molecule has 2 heterocycles. The van der Waals surface area contributed by atoms with Crippen LogP contribution in [-0.2, 0) is 0 Å². The summed E-state index contributed by atoms with van der Waals surface area (Å²) in [5.74, 6) is 1.86. The molecule has 0 aromatic carbocycles. The van der Waals surface area contributed by atoms with E-state index in [1.807, 2.05) is 0 Å². The highest BCUT2D eigenvalue weighted by Gasteiger charge is 2.42. The van der Waals surface area contributed by atoms with Gasteiger partial charge < -0.3 is 0 Å². The van der Waals surface area contributed by atoms with E-state index in [-0.39, 0.29) is 0 Å². The van der Waals surface area contributed by atoms with Crippen LogP contribution in [-0.4, -0.2) is 47.1 Å². The van der Waals surface area contributed by atoms with Crippen molar-refractivity contribution in [2.75, 3.05) is 26.2 Å². The average Bonchev–Trinajstić information content (AvgIpc) is 2.57. The summed E-state index contributed by atoms with van der Waals surface area (Å²) < 4.78 is 0. The van der Waals surface area contributed by atoms with Gasteiger partial charge in [-0.1, -0.05) is 0 Å². The smallest absolute Gasteiger partial charge is 0.0125 e. The van der Waals surface area contributed by atoms with Crippen molar-refractivity contribution in [1.29, 1.82) is 0 Å². The van der Waals surface area contributed by atoms with Gasteiger partial charge >= 0.3 is 0 Å². The van der Waals surface area contributed by atoms with Gasteiger partial charge in [-0.25, -0.2) is 0 Å². The highest BCUT2D eigenvalue weighted by atomic mass is 15.3. The van der Waals surface area contributed by atoms with Gasteiger partial charge in [0.2, 0.25) is 0 Å². The Morgan fingerprint density at radius 3 is 1.71 bits per heavy atom. The fourth-order valence-corrected chi connectivity index (χ4v) is 3.33. The van der Waals surface area contributed by atoms with Crippen molar-refractivity contribution < 1.29 is 0 Å². The minimum absolute atomic E-state index is 0.347. The van der Waals surface area contributed by atoms with Crippen LogP contribution >= 0.6 is 0 Å². The Labute approximate surface area is 107 Å². The van der Waals surface area contributed by atoms with Gasteiger partial charge in [-0.2, -0.15) is 0 Å². The molecule has 0 aliphatic carbocycles. The molecule has 0 aromatic rings. The highest BCUT2D eigenvalue weighted by molar-refractivity contribution is 4.96. The predicted octanol–water partition coefficient (Wildman–Crippen LogP) is 2.84. The lowest BCUT2D eigenvalue weighted by Gasteiger charge is -2.42. The minimum atomic E-state index is 0.347. The van der Waals surface area contributed by atoms with Crippen LogP contribution < -0.4 is 0 Å². The molecular weight excluding hydrogens is 208 g/mol. The van der Waals surface area contributed by atoms with E-state index >= 15 is 0 Å². The van der Waals surface area contributed by atoms with E-state index in [2.05, 4.69) is 51.3 Å². The lowest BCUT2D eigenvalue weighted by atomic mass is 9.86. The first-order valence-electron chi connectivity index (χ1n) is 7.18. The fourth-order valence-electron chi connectivity index (χ4n) is 3.33. The Bertz CT molecular complexity index is 260. The molecule has 17 heavy (non-hydrogen) atoms. The number of rotatable bonds is 0. The van der Waals surface area contributed by atoms with Crippen LogP contribution in [0.4, 0.5) is 0 Å². The molecule has 2 nitrogen and oxygen atoms in total. The first-order valence-corrected chi connectivity index (χ1v) is 7.18. The van der Waals surface area contributed by atoms with Crippen molar-refractivity contribution in [2.45, 2.75) is 59.0 Å². The Balaban J connectivity index is 1.99. The summed E-state index contributed by atoms with van der Waals surface area (Å²) in [5.41, 5.74) is 0.698. The van der Waals surface area contributed by atoms with Gasteiger partial charge in [-0.05, 0) is 66.3 Å². The molecule has 0 bridgehead atoms. The molecule has 2 heteroatoms. The molecule has 2 saturated heterocycles. The number of fused-ring (bicyclic) bond motifs is 1. The molecule has 2 fully saturated rings. The summed E-state index contributed by atoms with van der Waals surface area (Å²) in [6.45, 7) is 19.3. The molecule has 0 unspecified atom stereocenters. The van der Waals surface area contributed by atoms with Crippen molar-refractivity contribution >= 4 is 0 Å². The third-order valence-corrected chi connectivity index (χ3v) is 4.70. The van der Waals surface area contributed by atoms with E-state index in [0.29, 0.717) is 11.1 Å². The molecule has 0 spiro atoms. The minimum Gasteiger partial charge on any atom is -0.298 e. The summed E-state index contributed by atoms with van der Waals surface area (Å²) >= 11 is 0. The molecular formula is C15H30N2. The molecule has 2 aliphatic heterocycles. The van der Waals surface area contributed by atoms with Gasteiger partial charge in [-0.3, -0.25) is 9.80 Å². The van der Waals surface area contributed by atoms with Crippen LogP contribution in [0.1, 0.15) is 48.0 Å². The summed E-state index contributed by atoms with van der Waals surface area (Å²) in [4.78, 5) is 5.37. The number of hydrogen-bond donors (Lipinski definition) is 0. The van der Waals surface area contributed by atoms with Gasteiger partial charge in [0.25, 0.3) is 0 Å². The van der Waals surface area contributed by atoms with E-state index < -0.39 is 0 Å². The van der Waals surface area contributed by atoms with Gasteiger partial charge in [0.15, 0.2) is 0 Å². The Morgan fingerprint density at radius 1 is 0.706 bits per heavy atom. The first kappa shape index (κ1) is 13.4. The highest BCUT2D eigenvalue weighted by Crippen LogP contribution is 2.36. The zero-order valence-electron chi connectivity index (χ0n) is 12.6. The lowest BCUT2D eigenvalue weighted by molar-refractivity contribution is 0.0639. The van der Waals surface area contributed by atoms with Crippen molar-refractivity contribution in [1.82, 2.24) is 9.80 Å². The standard InChI is InChI=1S/C15H30N2/c1-14(2,3)16-8-7-12-9-17(15(4,5)6)11-13(12)10-16/h12-13H,7-11H2,1-6H3/t12-,13+/m1/s1. The van der Waals surface area contributed by atoms with Gasteiger partial charge in [0.1, 0.15) is 0 Å². The largest absolute Gasteiger partial charge is 0.298 e. The van der Waals surface area contributed by atoms with E-state index in [4.69, 9.17) is 0 Å².